The van der Waals surface area contributed by atoms with E-state index in [9.17, 15) is 24.3 Å². The number of nitrogens with one attached hydrogen (secondary N) is 2. The smallest absolute Gasteiger partial charge is 0.305 e. The Bertz CT molecular complexity index is 1560. The number of pyridine rings is 1. The van der Waals surface area contributed by atoms with Crippen molar-refractivity contribution in [3.8, 4) is 11.5 Å². The van der Waals surface area contributed by atoms with Gasteiger partial charge >= 0.3 is 5.97 Å². The molecule has 1 fully saturated rings. The molecule has 12 nitrogen and oxygen atoms in total. The molecule has 0 aliphatic carbocycles. The SMILES string of the molecule is COc1ccc(C(=O)N2CCN(c3ccc(C(=O)NC(CC(=O)O)c4cccnc4)cc3NC(=O)CC(C)(C)C)CC2)cc1OC. The van der Waals surface area contributed by atoms with Gasteiger partial charge in [0.1, 0.15) is 0 Å². The van der Waals surface area contributed by atoms with Gasteiger partial charge in [0.2, 0.25) is 5.91 Å². The van der Waals surface area contributed by atoms with Gasteiger partial charge in [-0.05, 0) is 53.4 Å². The standard InChI is InChI=1S/C34H41N5O7/c1-34(2,3)20-30(40)36-26-17-22(32(43)37-25(19-31(41)42)24-7-6-12-35-21-24)8-10-27(26)38-13-15-39(16-14-38)33(44)23-9-11-28(45-4)29(18-23)46-5/h6-12,17-18,21,25H,13-16,19-20H2,1-5H3,(H,36,40)(H,37,43)(H,41,42). The molecule has 1 aromatic heterocycles. The number of nitrogens with zero attached hydrogens (tertiary/aromatic N) is 3. The van der Waals surface area contributed by atoms with Crippen LogP contribution in [0.4, 0.5) is 11.4 Å². The van der Waals surface area contributed by atoms with Crippen molar-refractivity contribution in [3.63, 3.8) is 0 Å². The number of carbonyl (C=O) groups excluding carboxylic acids is 3. The quantitative estimate of drug-likeness (QED) is 0.280. The average molecular weight is 632 g/mol. The number of anilines is 2. The van der Waals surface area contributed by atoms with Crippen LogP contribution in [-0.4, -0.2) is 79.1 Å². The molecule has 1 unspecified atom stereocenters. The van der Waals surface area contributed by atoms with Crippen molar-refractivity contribution in [1.82, 2.24) is 15.2 Å². The van der Waals surface area contributed by atoms with E-state index >= 15 is 0 Å². The van der Waals surface area contributed by atoms with Gasteiger partial charge in [-0.2, -0.15) is 0 Å². The van der Waals surface area contributed by atoms with Crippen LogP contribution in [0.25, 0.3) is 0 Å². The van der Waals surface area contributed by atoms with Crippen LogP contribution in [-0.2, 0) is 9.59 Å². The van der Waals surface area contributed by atoms with Crippen molar-refractivity contribution in [2.75, 3.05) is 50.6 Å². The highest BCUT2D eigenvalue weighted by Gasteiger charge is 2.27. The third-order valence-electron chi connectivity index (χ3n) is 7.53. The van der Waals surface area contributed by atoms with E-state index in [-0.39, 0.29) is 35.6 Å². The summed E-state index contributed by atoms with van der Waals surface area (Å²) in [5, 5.41) is 15.2. The summed E-state index contributed by atoms with van der Waals surface area (Å²) in [6, 6.07) is 12.7. The molecule has 12 heteroatoms. The lowest BCUT2D eigenvalue weighted by Crippen LogP contribution is -2.49. The number of hydrogen-bond acceptors (Lipinski definition) is 8. The number of aromatic nitrogens is 1. The predicted molar refractivity (Wildman–Crippen MR) is 174 cm³/mol. The van der Waals surface area contributed by atoms with E-state index in [2.05, 4.69) is 20.5 Å². The summed E-state index contributed by atoms with van der Waals surface area (Å²) in [6.45, 7) is 7.76. The molecule has 3 N–H and O–H groups in total. The summed E-state index contributed by atoms with van der Waals surface area (Å²) in [7, 11) is 3.06. The van der Waals surface area contributed by atoms with Crippen molar-refractivity contribution in [2.24, 2.45) is 5.41 Å². The van der Waals surface area contributed by atoms with Crippen molar-refractivity contribution in [3.05, 3.63) is 77.6 Å². The fraction of sp³-hybridized carbons (Fsp3) is 0.382. The van der Waals surface area contributed by atoms with Crippen LogP contribution in [0.2, 0.25) is 0 Å². The first-order valence-corrected chi connectivity index (χ1v) is 15.0. The molecule has 0 bridgehead atoms. The van der Waals surface area contributed by atoms with Crippen LogP contribution < -0.4 is 25.0 Å². The molecule has 2 aromatic carbocycles. The summed E-state index contributed by atoms with van der Waals surface area (Å²) in [4.78, 5) is 59.2. The normalized spacial score (nSPS) is 13.8. The molecule has 2 heterocycles. The molecule has 1 aliphatic heterocycles. The van der Waals surface area contributed by atoms with E-state index < -0.39 is 17.9 Å². The van der Waals surface area contributed by atoms with Gasteiger partial charge in [0.05, 0.1) is 38.1 Å². The zero-order chi connectivity index (χ0) is 33.4. The Morgan fingerprint density at radius 3 is 2.24 bits per heavy atom. The number of methoxy groups -OCH3 is 2. The third-order valence-corrected chi connectivity index (χ3v) is 7.53. The Morgan fingerprint density at radius 2 is 1.63 bits per heavy atom. The van der Waals surface area contributed by atoms with Gasteiger partial charge in [-0.1, -0.05) is 26.8 Å². The molecule has 3 aromatic rings. The number of carbonyl (C=O) groups is 4. The van der Waals surface area contributed by atoms with Gasteiger partial charge in [0, 0.05) is 56.1 Å². The number of benzene rings is 2. The second-order valence-corrected chi connectivity index (χ2v) is 12.3. The van der Waals surface area contributed by atoms with Gasteiger partial charge < -0.3 is 35.0 Å². The minimum absolute atomic E-state index is 0.129. The molecule has 0 spiro atoms. The number of carboxylic acid groups (broad SMARTS) is 1. The van der Waals surface area contributed by atoms with Crippen LogP contribution in [0.3, 0.4) is 0 Å². The molecule has 0 saturated carbocycles. The zero-order valence-electron chi connectivity index (χ0n) is 26.8. The van der Waals surface area contributed by atoms with E-state index in [0.717, 1.165) is 0 Å². The van der Waals surface area contributed by atoms with Crippen molar-refractivity contribution < 1.29 is 33.8 Å². The number of amides is 3. The van der Waals surface area contributed by atoms with E-state index in [1.165, 1.54) is 20.4 Å². The highest BCUT2D eigenvalue weighted by molar-refractivity contribution is 6.00. The van der Waals surface area contributed by atoms with Crippen LogP contribution >= 0.6 is 0 Å². The molecular weight excluding hydrogens is 590 g/mol. The summed E-state index contributed by atoms with van der Waals surface area (Å²) >= 11 is 0. The third kappa shape index (κ3) is 8.74. The maximum Gasteiger partial charge on any atom is 0.305 e. The summed E-state index contributed by atoms with van der Waals surface area (Å²) in [5.41, 5.74) is 2.22. The topological polar surface area (TPSA) is 150 Å². The second kappa shape index (κ2) is 14.8. The Kier molecular flexibility index (Phi) is 10.8. The van der Waals surface area contributed by atoms with E-state index in [0.29, 0.717) is 60.2 Å². The molecule has 3 amide bonds. The number of hydrogen-bond donors (Lipinski definition) is 3. The highest BCUT2D eigenvalue weighted by atomic mass is 16.5. The monoisotopic (exact) mass is 631 g/mol. The fourth-order valence-corrected chi connectivity index (χ4v) is 5.28. The molecule has 244 valence electrons. The van der Waals surface area contributed by atoms with Gasteiger partial charge in [-0.3, -0.25) is 24.2 Å². The summed E-state index contributed by atoms with van der Waals surface area (Å²) < 4.78 is 10.6. The van der Waals surface area contributed by atoms with Crippen molar-refractivity contribution in [2.45, 2.75) is 39.7 Å². The van der Waals surface area contributed by atoms with Gasteiger partial charge in [0.25, 0.3) is 11.8 Å². The van der Waals surface area contributed by atoms with E-state index in [4.69, 9.17) is 9.47 Å². The molecular formula is C34H41N5O7. The molecule has 0 radical (unpaired) electrons. The minimum Gasteiger partial charge on any atom is -0.493 e. The van der Waals surface area contributed by atoms with E-state index in [1.54, 1.807) is 59.6 Å². The second-order valence-electron chi connectivity index (χ2n) is 12.3. The number of ether oxygens (including phenoxy) is 2. The number of aliphatic carboxylic acids is 1. The summed E-state index contributed by atoms with van der Waals surface area (Å²) in [6.07, 6.45) is 3.03. The lowest BCUT2D eigenvalue weighted by atomic mass is 9.92. The fourth-order valence-electron chi connectivity index (χ4n) is 5.28. The van der Waals surface area contributed by atoms with Crippen LogP contribution in [0.15, 0.2) is 60.9 Å². The van der Waals surface area contributed by atoms with Gasteiger partial charge in [0.15, 0.2) is 11.5 Å². The first-order chi connectivity index (χ1) is 21.9. The van der Waals surface area contributed by atoms with Crippen LogP contribution in [0.1, 0.15) is 65.9 Å². The lowest BCUT2D eigenvalue weighted by Gasteiger charge is -2.37. The predicted octanol–water partition coefficient (Wildman–Crippen LogP) is 4.38. The number of piperazine rings is 1. The molecule has 1 saturated heterocycles. The van der Waals surface area contributed by atoms with Crippen LogP contribution in [0.5, 0.6) is 11.5 Å². The number of rotatable bonds is 11. The van der Waals surface area contributed by atoms with E-state index in [1.807, 2.05) is 20.8 Å². The Labute approximate surface area is 268 Å². The van der Waals surface area contributed by atoms with Crippen molar-refractivity contribution in [1.29, 1.82) is 0 Å². The first kappa shape index (κ1) is 33.8. The molecule has 1 aliphatic rings. The highest BCUT2D eigenvalue weighted by Crippen LogP contribution is 2.32. The van der Waals surface area contributed by atoms with Crippen molar-refractivity contribution >= 4 is 35.1 Å². The largest absolute Gasteiger partial charge is 0.493 e. The Hall–Kier alpha value is -5.13. The molecule has 4 rings (SSSR count). The molecule has 1 atom stereocenters. The average Bonchev–Trinajstić information content (AvgIpc) is 3.03. The summed E-state index contributed by atoms with van der Waals surface area (Å²) in [5.74, 6) is -0.872. The van der Waals surface area contributed by atoms with Gasteiger partial charge in [-0.25, -0.2) is 0 Å². The Balaban J connectivity index is 1.54. The minimum atomic E-state index is -1.07. The first-order valence-electron chi connectivity index (χ1n) is 15.0. The molecule has 46 heavy (non-hydrogen) atoms. The Morgan fingerprint density at radius 1 is 0.935 bits per heavy atom. The maximum absolute atomic E-state index is 13.4. The van der Waals surface area contributed by atoms with Crippen LogP contribution in [0, 0.1) is 5.41 Å². The number of carboxylic acids is 1. The zero-order valence-corrected chi connectivity index (χ0v) is 26.8. The lowest BCUT2D eigenvalue weighted by molar-refractivity contribution is -0.137. The van der Waals surface area contributed by atoms with Gasteiger partial charge in [-0.15, -0.1) is 0 Å². The maximum atomic E-state index is 13.4.